The molecule has 0 aliphatic heterocycles. The first-order valence-electron chi connectivity index (χ1n) is 19.9. The molecule has 0 unspecified atom stereocenters. The lowest BCUT2D eigenvalue weighted by molar-refractivity contribution is 0.769. The zero-order valence-electron chi connectivity index (χ0n) is 31.5. The number of rotatable bonds is 5. The van der Waals surface area contributed by atoms with Crippen molar-refractivity contribution in [2.24, 2.45) is 0 Å². The Hall–Kier alpha value is -7.62. The number of benzene rings is 9. The molecular weight excluding hydrogens is 703 g/mol. The normalized spacial score (nSPS) is 13.0. The van der Waals surface area contributed by atoms with E-state index in [2.05, 4.69) is 187 Å². The highest BCUT2D eigenvalue weighted by Crippen LogP contribution is 2.57. The molecule has 9 aromatic carbocycles. The second kappa shape index (κ2) is 12.7. The summed E-state index contributed by atoms with van der Waals surface area (Å²) in [6.45, 7) is 0. The molecule has 0 amide bonds. The molecule has 11 aromatic rings. The van der Waals surface area contributed by atoms with Crippen LogP contribution in [0.4, 0.5) is 0 Å². The Kier molecular flexibility index (Phi) is 7.14. The van der Waals surface area contributed by atoms with Gasteiger partial charge in [-0.3, -0.25) is 0 Å². The molecule has 0 radical (unpaired) electrons. The van der Waals surface area contributed by atoms with Gasteiger partial charge < -0.3 is 4.57 Å². The summed E-state index contributed by atoms with van der Waals surface area (Å²) in [4.78, 5) is 10.5. The minimum absolute atomic E-state index is 0.515. The van der Waals surface area contributed by atoms with Crippen LogP contribution in [0.2, 0.25) is 0 Å². The van der Waals surface area contributed by atoms with Gasteiger partial charge in [0.15, 0.2) is 0 Å². The molecule has 3 nitrogen and oxygen atoms in total. The van der Waals surface area contributed by atoms with E-state index in [0.717, 1.165) is 39.2 Å². The molecule has 58 heavy (non-hydrogen) atoms. The van der Waals surface area contributed by atoms with E-state index in [1.165, 1.54) is 66.0 Å². The Bertz CT molecular complexity index is 3340. The van der Waals surface area contributed by atoms with Crippen molar-refractivity contribution in [3.63, 3.8) is 0 Å². The summed E-state index contributed by atoms with van der Waals surface area (Å²) in [5.74, 6) is 0. The lowest BCUT2D eigenvalue weighted by Crippen LogP contribution is -2.28. The van der Waals surface area contributed by atoms with Gasteiger partial charge in [-0.25, -0.2) is 9.97 Å². The first-order valence-corrected chi connectivity index (χ1v) is 19.9. The lowest BCUT2D eigenvalue weighted by atomic mass is 9.67. The Labute approximate surface area is 336 Å². The monoisotopic (exact) mass is 737 g/mol. The third-order valence-corrected chi connectivity index (χ3v) is 12.2. The van der Waals surface area contributed by atoms with Crippen LogP contribution in [-0.2, 0) is 5.41 Å². The van der Waals surface area contributed by atoms with E-state index >= 15 is 0 Å². The molecule has 0 saturated heterocycles. The third kappa shape index (κ3) is 4.68. The average Bonchev–Trinajstić information content (AvgIpc) is 3.79. The minimum Gasteiger partial charge on any atom is -0.309 e. The maximum Gasteiger partial charge on any atom is 0.0973 e. The van der Waals surface area contributed by atoms with E-state index < -0.39 is 5.41 Å². The second-order valence-electron chi connectivity index (χ2n) is 15.3. The van der Waals surface area contributed by atoms with E-state index in [1.54, 1.807) is 0 Å². The molecule has 1 aliphatic carbocycles. The molecule has 1 aliphatic rings. The van der Waals surface area contributed by atoms with Crippen molar-refractivity contribution in [2.75, 3.05) is 0 Å². The predicted octanol–water partition coefficient (Wildman–Crippen LogP) is 13.6. The van der Waals surface area contributed by atoms with Crippen LogP contribution in [0.15, 0.2) is 212 Å². The topological polar surface area (TPSA) is 30.7 Å². The highest BCUT2D eigenvalue weighted by molar-refractivity contribution is 6.22. The van der Waals surface area contributed by atoms with Gasteiger partial charge in [0.05, 0.1) is 38.9 Å². The first kappa shape index (κ1) is 32.6. The quantitative estimate of drug-likeness (QED) is 0.176. The molecule has 0 atom stereocenters. The van der Waals surface area contributed by atoms with Gasteiger partial charge in [0.2, 0.25) is 0 Å². The average molecular weight is 738 g/mol. The van der Waals surface area contributed by atoms with Crippen molar-refractivity contribution in [1.29, 1.82) is 0 Å². The smallest absolute Gasteiger partial charge is 0.0973 e. The van der Waals surface area contributed by atoms with Crippen LogP contribution < -0.4 is 0 Å². The fourth-order valence-electron chi connectivity index (χ4n) is 9.79. The Morgan fingerprint density at radius 2 is 0.983 bits per heavy atom. The fourth-order valence-corrected chi connectivity index (χ4v) is 9.79. The van der Waals surface area contributed by atoms with E-state index in [4.69, 9.17) is 9.97 Å². The lowest BCUT2D eigenvalue weighted by Gasteiger charge is -2.34. The standard InChI is InChI=1S/C55H35N3/c1-4-18-37(19-5-1)53-54(57-49-30-15-14-29-48(49)56-53)38-20-16-25-41(33-38)58-50-32-31-36-17-10-11-26-42(36)52(50)45-34-44-43-27-12-13-28-46(43)55(47(44)35-51(45)58,39-21-6-2-7-22-39)40-23-8-3-9-24-40/h1-35H. The summed E-state index contributed by atoms with van der Waals surface area (Å²) in [7, 11) is 0. The summed E-state index contributed by atoms with van der Waals surface area (Å²) in [6, 6.07) is 76.9. The highest BCUT2D eigenvalue weighted by Gasteiger charge is 2.46. The van der Waals surface area contributed by atoms with Gasteiger partial charge in [0.1, 0.15) is 0 Å². The largest absolute Gasteiger partial charge is 0.309 e. The third-order valence-electron chi connectivity index (χ3n) is 12.2. The number of aromatic nitrogens is 3. The van der Waals surface area contributed by atoms with Gasteiger partial charge in [-0.15, -0.1) is 0 Å². The Balaban J connectivity index is 1.19. The molecule has 0 saturated carbocycles. The molecule has 0 fully saturated rings. The first-order chi connectivity index (χ1) is 28.8. The summed E-state index contributed by atoms with van der Waals surface area (Å²) in [6.07, 6.45) is 0. The van der Waals surface area contributed by atoms with Gasteiger partial charge in [0.25, 0.3) is 0 Å². The number of hydrogen-bond donors (Lipinski definition) is 0. The van der Waals surface area contributed by atoms with Gasteiger partial charge in [0, 0.05) is 27.6 Å². The minimum atomic E-state index is -0.515. The van der Waals surface area contributed by atoms with Crippen molar-refractivity contribution in [2.45, 2.75) is 5.41 Å². The number of fused-ring (bicyclic) bond motifs is 9. The van der Waals surface area contributed by atoms with E-state index in [9.17, 15) is 0 Å². The van der Waals surface area contributed by atoms with Crippen LogP contribution in [0.5, 0.6) is 0 Å². The molecule has 270 valence electrons. The van der Waals surface area contributed by atoms with E-state index in [0.29, 0.717) is 0 Å². The molecule has 0 N–H and O–H groups in total. The van der Waals surface area contributed by atoms with Crippen LogP contribution >= 0.6 is 0 Å². The number of para-hydroxylation sites is 2. The molecule has 2 heterocycles. The van der Waals surface area contributed by atoms with E-state index in [-0.39, 0.29) is 0 Å². The number of nitrogens with zero attached hydrogens (tertiary/aromatic N) is 3. The summed E-state index contributed by atoms with van der Waals surface area (Å²) in [5, 5.41) is 4.96. The second-order valence-corrected chi connectivity index (χ2v) is 15.3. The van der Waals surface area contributed by atoms with Crippen LogP contribution in [0.1, 0.15) is 22.3 Å². The van der Waals surface area contributed by atoms with Gasteiger partial charge in [-0.2, -0.15) is 0 Å². The molecule has 0 bridgehead atoms. The van der Waals surface area contributed by atoms with Crippen LogP contribution in [-0.4, -0.2) is 14.5 Å². The molecule has 0 spiro atoms. The summed E-state index contributed by atoms with van der Waals surface area (Å²) < 4.78 is 2.47. The van der Waals surface area contributed by atoms with Crippen molar-refractivity contribution in [3.05, 3.63) is 235 Å². The van der Waals surface area contributed by atoms with Crippen LogP contribution in [0.25, 0.3) is 82.9 Å². The van der Waals surface area contributed by atoms with Gasteiger partial charge in [-0.1, -0.05) is 170 Å². The van der Waals surface area contributed by atoms with Gasteiger partial charge >= 0.3 is 0 Å². The fraction of sp³-hybridized carbons (Fsp3) is 0.0182. The van der Waals surface area contributed by atoms with Crippen molar-refractivity contribution in [3.8, 4) is 39.3 Å². The van der Waals surface area contributed by atoms with Crippen molar-refractivity contribution < 1.29 is 0 Å². The molecule has 12 rings (SSSR count). The number of hydrogen-bond acceptors (Lipinski definition) is 2. The molecule has 2 aromatic heterocycles. The van der Waals surface area contributed by atoms with E-state index in [1.807, 2.05) is 30.3 Å². The van der Waals surface area contributed by atoms with Gasteiger partial charge in [-0.05, 0) is 86.6 Å². The molecule has 3 heteroatoms. The van der Waals surface area contributed by atoms with Crippen molar-refractivity contribution >= 4 is 43.6 Å². The Morgan fingerprint density at radius 1 is 0.379 bits per heavy atom. The predicted molar refractivity (Wildman–Crippen MR) is 240 cm³/mol. The van der Waals surface area contributed by atoms with Crippen molar-refractivity contribution in [1.82, 2.24) is 14.5 Å². The Morgan fingerprint density at radius 3 is 1.72 bits per heavy atom. The SMILES string of the molecule is c1ccc(-c2nc3ccccc3nc2-c2cccc(-n3c4cc5c(cc4c4c6ccccc6ccc43)-c3ccccc3C5(c3ccccc3)c3ccccc3)c2)cc1. The maximum absolute atomic E-state index is 5.29. The zero-order chi connectivity index (χ0) is 38.2. The molecular formula is C55H35N3. The summed E-state index contributed by atoms with van der Waals surface area (Å²) >= 11 is 0. The van der Waals surface area contributed by atoms with Crippen LogP contribution in [0.3, 0.4) is 0 Å². The summed E-state index contributed by atoms with van der Waals surface area (Å²) in [5.41, 5.74) is 16.1. The highest BCUT2D eigenvalue weighted by atomic mass is 15.0. The maximum atomic E-state index is 5.29. The van der Waals surface area contributed by atoms with Crippen LogP contribution in [0, 0.1) is 0 Å². The zero-order valence-corrected chi connectivity index (χ0v) is 31.5.